The predicted molar refractivity (Wildman–Crippen MR) is 109 cm³/mol. The van der Waals surface area contributed by atoms with Gasteiger partial charge in [-0.2, -0.15) is 5.10 Å². The lowest BCUT2D eigenvalue weighted by Crippen LogP contribution is -2.21. The Morgan fingerprint density at radius 3 is 2.45 bits per heavy atom. The molecule has 0 aliphatic rings. The lowest BCUT2D eigenvalue weighted by Gasteiger charge is -2.13. The van der Waals surface area contributed by atoms with E-state index in [4.69, 9.17) is 4.98 Å². The number of hydrogen-bond donors (Lipinski definition) is 2. The number of fused-ring (bicyclic) bond motifs is 1. The molecule has 0 spiro atoms. The Morgan fingerprint density at radius 1 is 0.966 bits per heavy atom. The van der Waals surface area contributed by atoms with E-state index in [0.29, 0.717) is 22.8 Å². The fourth-order valence-corrected chi connectivity index (χ4v) is 3.41. The maximum absolute atomic E-state index is 12.6. The number of benzene rings is 2. The Hall–Kier alpha value is -4.07. The first kappa shape index (κ1) is 17.1. The smallest absolute Gasteiger partial charge is 0.289 e. The molecular formula is C21H17N7O. The van der Waals surface area contributed by atoms with Gasteiger partial charge >= 0.3 is 5.69 Å². The average molecular weight is 383 g/mol. The van der Waals surface area contributed by atoms with Gasteiger partial charge in [-0.15, -0.1) is 0 Å². The van der Waals surface area contributed by atoms with Gasteiger partial charge in [-0.1, -0.05) is 54.6 Å². The van der Waals surface area contributed by atoms with Gasteiger partial charge in [0.2, 0.25) is 0 Å². The summed E-state index contributed by atoms with van der Waals surface area (Å²) >= 11 is 0. The van der Waals surface area contributed by atoms with Gasteiger partial charge in [-0.3, -0.25) is 14.6 Å². The van der Waals surface area contributed by atoms with Crippen molar-refractivity contribution in [3.63, 3.8) is 0 Å². The van der Waals surface area contributed by atoms with E-state index in [0.717, 1.165) is 16.7 Å². The first-order valence-electron chi connectivity index (χ1n) is 9.19. The van der Waals surface area contributed by atoms with Gasteiger partial charge in [-0.25, -0.2) is 19.7 Å². The van der Waals surface area contributed by atoms with Crippen molar-refractivity contribution >= 4 is 11.3 Å². The van der Waals surface area contributed by atoms with E-state index in [1.807, 2.05) is 61.5 Å². The van der Waals surface area contributed by atoms with E-state index < -0.39 is 0 Å². The monoisotopic (exact) mass is 383 g/mol. The summed E-state index contributed by atoms with van der Waals surface area (Å²) in [4.78, 5) is 28.7. The standard InChI is InChI=1S/C21H17N7O/c1-13(14-5-3-2-4-6-14)28-20-19(26-21(28)29)22-11-17(25-20)15-7-9-16(10-8-15)18-23-12-24-27-18/h2-13H,1H3,(H,22,26,29)(H,23,24,27). The molecule has 3 heterocycles. The number of hydrogen-bond acceptors (Lipinski definition) is 5. The zero-order valence-electron chi connectivity index (χ0n) is 15.6. The number of nitrogens with zero attached hydrogens (tertiary/aromatic N) is 5. The molecule has 0 radical (unpaired) electrons. The molecule has 8 nitrogen and oxygen atoms in total. The molecule has 1 atom stereocenters. The van der Waals surface area contributed by atoms with Crippen LogP contribution in [0, 0.1) is 0 Å². The van der Waals surface area contributed by atoms with E-state index in [2.05, 4.69) is 25.1 Å². The molecule has 0 aliphatic carbocycles. The first-order chi connectivity index (χ1) is 14.2. The molecule has 3 aromatic heterocycles. The van der Waals surface area contributed by atoms with Crippen molar-refractivity contribution in [2.24, 2.45) is 0 Å². The third kappa shape index (κ3) is 3.00. The van der Waals surface area contributed by atoms with E-state index in [1.54, 1.807) is 17.1 Å². The Balaban J connectivity index is 1.57. The van der Waals surface area contributed by atoms with Crippen LogP contribution in [-0.4, -0.2) is 34.7 Å². The zero-order valence-corrected chi connectivity index (χ0v) is 15.6. The summed E-state index contributed by atoms with van der Waals surface area (Å²) in [6.07, 6.45) is 3.21. The molecule has 0 amide bonds. The summed E-state index contributed by atoms with van der Waals surface area (Å²) in [6.45, 7) is 1.98. The van der Waals surface area contributed by atoms with Gasteiger partial charge in [-0.05, 0) is 12.5 Å². The average Bonchev–Trinajstić information content (AvgIpc) is 3.41. The van der Waals surface area contributed by atoms with Gasteiger partial charge in [0.25, 0.3) is 0 Å². The first-order valence-corrected chi connectivity index (χ1v) is 9.19. The Morgan fingerprint density at radius 2 is 1.72 bits per heavy atom. The van der Waals surface area contributed by atoms with Crippen LogP contribution in [0.1, 0.15) is 18.5 Å². The largest absolute Gasteiger partial charge is 0.329 e. The van der Waals surface area contributed by atoms with E-state index in [1.165, 1.54) is 0 Å². The van der Waals surface area contributed by atoms with Crippen molar-refractivity contribution in [1.82, 2.24) is 34.7 Å². The molecule has 0 bridgehead atoms. The molecule has 0 fully saturated rings. The van der Waals surface area contributed by atoms with Gasteiger partial charge in [0.15, 0.2) is 17.1 Å². The highest BCUT2D eigenvalue weighted by Gasteiger charge is 2.17. The highest BCUT2D eigenvalue weighted by molar-refractivity contribution is 5.72. The molecule has 1 unspecified atom stereocenters. The normalized spacial score (nSPS) is 12.3. The van der Waals surface area contributed by atoms with Crippen molar-refractivity contribution < 1.29 is 0 Å². The summed E-state index contributed by atoms with van der Waals surface area (Å²) in [5.41, 5.74) is 4.28. The number of imidazole rings is 1. The Bertz CT molecular complexity index is 1320. The third-order valence-corrected chi connectivity index (χ3v) is 4.95. The SMILES string of the molecule is CC(c1ccccc1)n1c(=O)[nH]c2ncc(-c3ccc(-c4nc[nH]n4)cc3)nc21. The van der Waals surface area contributed by atoms with Crippen molar-refractivity contribution in [3.8, 4) is 22.6 Å². The number of aromatic amines is 2. The van der Waals surface area contributed by atoms with Crippen molar-refractivity contribution in [2.45, 2.75) is 13.0 Å². The summed E-state index contributed by atoms with van der Waals surface area (Å²) in [5, 5.41) is 6.79. The Labute approximate surface area is 165 Å². The Kier molecular flexibility index (Phi) is 4.02. The van der Waals surface area contributed by atoms with Crippen LogP contribution in [0.25, 0.3) is 33.9 Å². The van der Waals surface area contributed by atoms with Gasteiger partial charge in [0.05, 0.1) is 17.9 Å². The maximum atomic E-state index is 12.6. The van der Waals surface area contributed by atoms with Crippen LogP contribution in [-0.2, 0) is 0 Å². The van der Waals surface area contributed by atoms with Crippen molar-refractivity contribution in [1.29, 1.82) is 0 Å². The number of nitrogens with one attached hydrogen (secondary N) is 2. The minimum absolute atomic E-state index is 0.171. The number of aromatic nitrogens is 7. The molecule has 0 aliphatic heterocycles. The molecule has 5 aromatic rings. The zero-order chi connectivity index (χ0) is 19.8. The molecule has 8 heteroatoms. The van der Waals surface area contributed by atoms with E-state index >= 15 is 0 Å². The van der Waals surface area contributed by atoms with Gasteiger partial charge in [0, 0.05) is 11.1 Å². The maximum Gasteiger partial charge on any atom is 0.329 e. The second kappa shape index (κ2) is 6.83. The second-order valence-electron chi connectivity index (χ2n) is 6.71. The second-order valence-corrected chi connectivity index (χ2v) is 6.71. The number of rotatable bonds is 4. The highest BCUT2D eigenvalue weighted by atomic mass is 16.1. The third-order valence-electron chi connectivity index (χ3n) is 4.95. The molecule has 2 N–H and O–H groups in total. The molecular weight excluding hydrogens is 366 g/mol. The fourth-order valence-electron chi connectivity index (χ4n) is 3.41. The molecule has 2 aromatic carbocycles. The van der Waals surface area contributed by atoms with E-state index in [-0.39, 0.29) is 11.7 Å². The molecule has 29 heavy (non-hydrogen) atoms. The van der Waals surface area contributed by atoms with Crippen LogP contribution in [0.15, 0.2) is 71.9 Å². The minimum atomic E-state index is -0.228. The van der Waals surface area contributed by atoms with Crippen LogP contribution < -0.4 is 5.69 Å². The highest BCUT2D eigenvalue weighted by Crippen LogP contribution is 2.24. The van der Waals surface area contributed by atoms with Crippen LogP contribution >= 0.6 is 0 Å². The fraction of sp³-hybridized carbons (Fsp3) is 0.0952. The molecule has 5 rings (SSSR count). The number of H-pyrrole nitrogens is 2. The van der Waals surface area contributed by atoms with E-state index in [9.17, 15) is 4.79 Å². The summed E-state index contributed by atoms with van der Waals surface area (Å²) in [5.74, 6) is 0.634. The minimum Gasteiger partial charge on any atom is -0.289 e. The van der Waals surface area contributed by atoms with Gasteiger partial charge < -0.3 is 0 Å². The van der Waals surface area contributed by atoms with Crippen LogP contribution in [0.5, 0.6) is 0 Å². The topological polar surface area (TPSA) is 105 Å². The van der Waals surface area contributed by atoms with Crippen LogP contribution in [0.2, 0.25) is 0 Å². The molecule has 0 saturated carbocycles. The van der Waals surface area contributed by atoms with Crippen LogP contribution in [0.4, 0.5) is 0 Å². The van der Waals surface area contributed by atoms with Crippen LogP contribution in [0.3, 0.4) is 0 Å². The summed E-state index contributed by atoms with van der Waals surface area (Å²) < 4.78 is 1.64. The quantitative estimate of drug-likeness (QED) is 0.496. The predicted octanol–water partition coefficient (Wildman–Crippen LogP) is 3.18. The van der Waals surface area contributed by atoms with Gasteiger partial charge in [0.1, 0.15) is 6.33 Å². The summed E-state index contributed by atoms with van der Waals surface area (Å²) in [7, 11) is 0. The lowest BCUT2D eigenvalue weighted by atomic mass is 10.1. The summed E-state index contributed by atoms with van der Waals surface area (Å²) in [6, 6.07) is 17.4. The molecule has 142 valence electrons. The lowest BCUT2D eigenvalue weighted by molar-refractivity contribution is 0.631. The van der Waals surface area contributed by atoms with Crippen molar-refractivity contribution in [3.05, 3.63) is 83.2 Å². The van der Waals surface area contributed by atoms with Crippen molar-refractivity contribution in [2.75, 3.05) is 0 Å². The molecule has 0 saturated heterocycles.